The summed E-state index contributed by atoms with van der Waals surface area (Å²) in [5, 5.41) is 3.00. The van der Waals surface area contributed by atoms with Crippen molar-refractivity contribution in [3.05, 3.63) is 35.5 Å². The first-order chi connectivity index (χ1) is 9.44. The number of H-pyrrole nitrogens is 1. The lowest BCUT2D eigenvalue weighted by atomic mass is 10.3. The fourth-order valence-electron chi connectivity index (χ4n) is 1.62. The van der Waals surface area contributed by atoms with E-state index in [0.29, 0.717) is 11.6 Å². The monoisotopic (exact) mass is 315 g/mol. The summed E-state index contributed by atoms with van der Waals surface area (Å²) in [5.74, 6) is 0.948. The van der Waals surface area contributed by atoms with E-state index >= 15 is 0 Å². The maximum absolute atomic E-state index is 12.2. The van der Waals surface area contributed by atoms with E-state index in [1.165, 1.54) is 12.3 Å². The first-order valence-corrected chi connectivity index (χ1v) is 7.65. The van der Waals surface area contributed by atoms with Crippen LogP contribution < -0.4 is 10.0 Å². The van der Waals surface area contributed by atoms with Crippen molar-refractivity contribution in [1.29, 1.82) is 0 Å². The minimum absolute atomic E-state index is 0.0000869. The Labute approximate surface area is 121 Å². The van der Waals surface area contributed by atoms with Gasteiger partial charge in [0.15, 0.2) is 0 Å². The summed E-state index contributed by atoms with van der Waals surface area (Å²) in [7, 11) is -2.07. The van der Waals surface area contributed by atoms with Crippen LogP contribution in [0.3, 0.4) is 0 Å². The molecule has 20 heavy (non-hydrogen) atoms. The summed E-state index contributed by atoms with van der Waals surface area (Å²) in [6.45, 7) is 1.69. The molecule has 0 aromatic carbocycles. The van der Waals surface area contributed by atoms with Crippen molar-refractivity contribution in [1.82, 2.24) is 19.7 Å². The van der Waals surface area contributed by atoms with E-state index in [1.807, 2.05) is 0 Å². The molecule has 2 aromatic rings. The standard InChI is InChI=1S/C11H14ClN5O2S/c1-7(10-14-3-4-15-10)17-20(18,19)8-5-9(12)11(13-2)16-6-8/h3-7,17H,1-2H3,(H,13,16)(H,14,15). The van der Waals surface area contributed by atoms with Gasteiger partial charge in [0.25, 0.3) is 0 Å². The van der Waals surface area contributed by atoms with Gasteiger partial charge in [0.05, 0.1) is 11.1 Å². The smallest absolute Gasteiger partial charge is 0.242 e. The predicted molar refractivity (Wildman–Crippen MR) is 76.1 cm³/mol. The van der Waals surface area contributed by atoms with Gasteiger partial charge in [-0.3, -0.25) is 0 Å². The van der Waals surface area contributed by atoms with Crippen molar-refractivity contribution < 1.29 is 8.42 Å². The van der Waals surface area contributed by atoms with E-state index in [1.54, 1.807) is 26.4 Å². The summed E-state index contributed by atoms with van der Waals surface area (Å²) in [5.41, 5.74) is 0. The topological polar surface area (TPSA) is 99.8 Å². The van der Waals surface area contributed by atoms with Crippen molar-refractivity contribution in [3.8, 4) is 0 Å². The van der Waals surface area contributed by atoms with E-state index in [-0.39, 0.29) is 9.92 Å². The van der Waals surface area contributed by atoms with Gasteiger partial charge < -0.3 is 10.3 Å². The van der Waals surface area contributed by atoms with E-state index < -0.39 is 16.1 Å². The van der Waals surface area contributed by atoms with Crippen molar-refractivity contribution in [2.24, 2.45) is 0 Å². The Bertz CT molecular complexity index is 687. The zero-order valence-corrected chi connectivity index (χ0v) is 12.5. The molecule has 0 bridgehead atoms. The van der Waals surface area contributed by atoms with Gasteiger partial charge in [0.2, 0.25) is 10.0 Å². The zero-order valence-electron chi connectivity index (χ0n) is 10.9. The van der Waals surface area contributed by atoms with Crippen LogP contribution in [0.4, 0.5) is 5.82 Å². The van der Waals surface area contributed by atoms with Crippen molar-refractivity contribution in [2.45, 2.75) is 17.9 Å². The summed E-state index contributed by atoms with van der Waals surface area (Å²) in [4.78, 5) is 10.8. The number of hydrogen-bond donors (Lipinski definition) is 3. The van der Waals surface area contributed by atoms with Crippen LogP contribution in [-0.2, 0) is 10.0 Å². The Balaban J connectivity index is 2.24. The molecule has 9 heteroatoms. The molecule has 2 heterocycles. The van der Waals surface area contributed by atoms with E-state index in [2.05, 4.69) is 25.0 Å². The van der Waals surface area contributed by atoms with Gasteiger partial charge in [-0.25, -0.2) is 23.1 Å². The Morgan fingerprint density at radius 3 is 2.70 bits per heavy atom. The normalized spacial score (nSPS) is 13.2. The number of nitrogens with one attached hydrogen (secondary N) is 3. The Kier molecular flexibility index (Phi) is 4.26. The molecular formula is C11H14ClN5O2S. The van der Waals surface area contributed by atoms with Crippen molar-refractivity contribution >= 4 is 27.4 Å². The van der Waals surface area contributed by atoms with Crippen LogP contribution in [0.1, 0.15) is 18.8 Å². The molecule has 0 saturated carbocycles. The van der Waals surface area contributed by atoms with Gasteiger partial charge >= 0.3 is 0 Å². The number of aromatic nitrogens is 3. The van der Waals surface area contributed by atoms with Crippen LogP contribution in [0.25, 0.3) is 0 Å². The fourth-order valence-corrected chi connectivity index (χ4v) is 3.13. The van der Waals surface area contributed by atoms with Gasteiger partial charge in [0.1, 0.15) is 16.5 Å². The molecule has 0 radical (unpaired) electrons. The van der Waals surface area contributed by atoms with Crippen molar-refractivity contribution in [3.63, 3.8) is 0 Å². The molecule has 2 aromatic heterocycles. The maximum Gasteiger partial charge on any atom is 0.242 e. The third kappa shape index (κ3) is 3.09. The largest absolute Gasteiger partial charge is 0.372 e. The summed E-state index contributed by atoms with van der Waals surface area (Å²) < 4.78 is 26.9. The van der Waals surface area contributed by atoms with E-state index in [9.17, 15) is 8.42 Å². The molecule has 0 spiro atoms. The Morgan fingerprint density at radius 1 is 1.40 bits per heavy atom. The first kappa shape index (κ1) is 14.8. The molecule has 1 unspecified atom stereocenters. The number of rotatable bonds is 5. The quantitative estimate of drug-likeness (QED) is 0.777. The molecular weight excluding hydrogens is 302 g/mol. The molecule has 0 amide bonds. The SMILES string of the molecule is CNc1ncc(S(=O)(=O)NC(C)c2ncc[nH]2)cc1Cl. The van der Waals surface area contributed by atoms with E-state index in [0.717, 1.165) is 0 Å². The second-order valence-corrected chi connectivity index (χ2v) is 6.19. The summed E-state index contributed by atoms with van der Waals surface area (Å²) in [6.07, 6.45) is 4.43. The van der Waals surface area contributed by atoms with Gasteiger partial charge in [-0.05, 0) is 13.0 Å². The Hall–Kier alpha value is -1.64. The first-order valence-electron chi connectivity index (χ1n) is 5.79. The molecule has 0 aliphatic carbocycles. The lowest BCUT2D eigenvalue weighted by molar-refractivity contribution is 0.561. The number of nitrogens with zero attached hydrogens (tertiary/aromatic N) is 2. The van der Waals surface area contributed by atoms with Gasteiger partial charge in [-0.1, -0.05) is 11.6 Å². The second-order valence-electron chi connectivity index (χ2n) is 4.07. The number of aromatic amines is 1. The van der Waals surface area contributed by atoms with Crippen LogP contribution in [-0.4, -0.2) is 30.4 Å². The van der Waals surface area contributed by atoms with Crippen LogP contribution in [0.5, 0.6) is 0 Å². The number of hydrogen-bond acceptors (Lipinski definition) is 5. The average Bonchev–Trinajstić information content (AvgIpc) is 2.92. The number of pyridine rings is 1. The maximum atomic E-state index is 12.2. The average molecular weight is 316 g/mol. The highest BCUT2D eigenvalue weighted by Crippen LogP contribution is 2.22. The lowest BCUT2D eigenvalue weighted by Crippen LogP contribution is -2.27. The molecule has 0 aliphatic heterocycles. The van der Waals surface area contributed by atoms with Gasteiger partial charge in [-0.2, -0.15) is 0 Å². The third-order valence-electron chi connectivity index (χ3n) is 2.62. The number of halogens is 1. The highest BCUT2D eigenvalue weighted by molar-refractivity contribution is 7.89. The molecule has 108 valence electrons. The third-order valence-corrected chi connectivity index (χ3v) is 4.42. The van der Waals surface area contributed by atoms with Crippen LogP contribution in [0.15, 0.2) is 29.6 Å². The van der Waals surface area contributed by atoms with Crippen molar-refractivity contribution in [2.75, 3.05) is 12.4 Å². The lowest BCUT2D eigenvalue weighted by Gasteiger charge is -2.12. The minimum atomic E-state index is -3.72. The molecule has 0 aliphatic rings. The highest BCUT2D eigenvalue weighted by Gasteiger charge is 2.21. The fraction of sp³-hybridized carbons (Fsp3) is 0.273. The predicted octanol–water partition coefficient (Wildman–Crippen LogP) is 1.54. The van der Waals surface area contributed by atoms with E-state index in [4.69, 9.17) is 11.6 Å². The highest BCUT2D eigenvalue weighted by atomic mass is 35.5. The number of imidazole rings is 1. The Morgan fingerprint density at radius 2 is 2.15 bits per heavy atom. The molecule has 0 saturated heterocycles. The van der Waals surface area contributed by atoms with Gasteiger partial charge in [0, 0.05) is 25.6 Å². The molecule has 2 rings (SSSR count). The van der Waals surface area contributed by atoms with Crippen LogP contribution >= 0.6 is 11.6 Å². The second kappa shape index (κ2) is 5.78. The molecule has 7 nitrogen and oxygen atoms in total. The summed E-state index contributed by atoms with van der Waals surface area (Å²) in [6, 6.07) is 0.857. The van der Waals surface area contributed by atoms with Crippen LogP contribution in [0, 0.1) is 0 Å². The number of anilines is 1. The molecule has 1 atom stereocenters. The zero-order chi connectivity index (χ0) is 14.8. The minimum Gasteiger partial charge on any atom is -0.372 e. The molecule has 0 fully saturated rings. The summed E-state index contributed by atoms with van der Waals surface area (Å²) >= 11 is 5.94. The van der Waals surface area contributed by atoms with Crippen LogP contribution in [0.2, 0.25) is 5.02 Å². The van der Waals surface area contributed by atoms with Gasteiger partial charge in [-0.15, -0.1) is 0 Å². The number of sulfonamides is 1. The molecule has 3 N–H and O–H groups in total.